The predicted octanol–water partition coefficient (Wildman–Crippen LogP) is 4.07. The summed E-state index contributed by atoms with van der Waals surface area (Å²) in [5.41, 5.74) is 3.32. The van der Waals surface area contributed by atoms with Crippen molar-refractivity contribution in [3.63, 3.8) is 0 Å². The molecule has 1 aliphatic heterocycles. The van der Waals surface area contributed by atoms with Gasteiger partial charge in [0, 0.05) is 29.6 Å². The van der Waals surface area contributed by atoms with Crippen molar-refractivity contribution in [2.24, 2.45) is 0 Å². The van der Waals surface area contributed by atoms with Gasteiger partial charge in [-0.1, -0.05) is 18.2 Å². The number of carbonyl (C=O) groups excluding carboxylic acids is 1. The molecule has 0 bridgehead atoms. The van der Waals surface area contributed by atoms with Gasteiger partial charge in [-0.3, -0.25) is 4.79 Å². The third kappa shape index (κ3) is 4.03. The number of nitrogens with zero attached hydrogens (tertiary/aromatic N) is 2. The van der Waals surface area contributed by atoms with E-state index >= 15 is 0 Å². The van der Waals surface area contributed by atoms with E-state index in [1.54, 1.807) is 19.1 Å². The number of ketones is 1. The molecule has 1 aromatic heterocycles. The van der Waals surface area contributed by atoms with E-state index in [1.807, 2.05) is 43.3 Å². The number of rotatable bonds is 6. The van der Waals surface area contributed by atoms with E-state index in [9.17, 15) is 4.79 Å². The lowest BCUT2D eigenvalue weighted by molar-refractivity contribution is 0.101. The summed E-state index contributed by atoms with van der Waals surface area (Å²) in [6.07, 6.45) is 0. The molecule has 2 heterocycles. The number of nitrogens with one attached hydrogen (secondary N) is 2. The Hall–Kier alpha value is -3.61. The van der Waals surface area contributed by atoms with E-state index in [1.165, 1.54) is 0 Å². The van der Waals surface area contributed by atoms with Crippen LogP contribution in [0.2, 0.25) is 0 Å². The fraction of sp³-hybridized carbons (Fsp3) is 0.190. The monoisotopic (exact) mass is 376 g/mol. The molecule has 2 N–H and O–H groups in total. The lowest BCUT2D eigenvalue weighted by Crippen LogP contribution is -2.06. The summed E-state index contributed by atoms with van der Waals surface area (Å²) in [5.74, 6) is 2.70. The molecule has 0 amide bonds. The second-order valence-electron chi connectivity index (χ2n) is 6.52. The van der Waals surface area contributed by atoms with Crippen LogP contribution in [-0.2, 0) is 6.54 Å². The van der Waals surface area contributed by atoms with Crippen molar-refractivity contribution < 1.29 is 14.3 Å². The SMILES string of the molecule is CC(=O)c1cccc(Nc2cc(C)nc(NCc3ccc4c(c3)OCO4)n2)c1. The highest BCUT2D eigenvalue weighted by Gasteiger charge is 2.13. The number of ether oxygens (including phenoxy) is 2. The van der Waals surface area contributed by atoms with Crippen LogP contribution in [0.3, 0.4) is 0 Å². The Morgan fingerprint density at radius 2 is 1.93 bits per heavy atom. The van der Waals surface area contributed by atoms with Crippen LogP contribution >= 0.6 is 0 Å². The minimum absolute atomic E-state index is 0.0219. The van der Waals surface area contributed by atoms with Crippen LogP contribution in [-0.4, -0.2) is 22.5 Å². The highest BCUT2D eigenvalue weighted by atomic mass is 16.7. The summed E-state index contributed by atoms with van der Waals surface area (Å²) in [6.45, 7) is 4.27. The third-order valence-corrected chi connectivity index (χ3v) is 4.28. The molecule has 7 nitrogen and oxygen atoms in total. The Kier molecular flexibility index (Phi) is 4.80. The van der Waals surface area contributed by atoms with Crippen LogP contribution in [0, 0.1) is 6.92 Å². The molecule has 142 valence electrons. The van der Waals surface area contributed by atoms with Crippen molar-refractivity contribution in [1.82, 2.24) is 9.97 Å². The highest BCUT2D eigenvalue weighted by molar-refractivity contribution is 5.95. The van der Waals surface area contributed by atoms with Crippen LogP contribution in [0.5, 0.6) is 11.5 Å². The number of hydrogen-bond donors (Lipinski definition) is 2. The molecule has 0 aliphatic carbocycles. The van der Waals surface area contributed by atoms with Gasteiger partial charge in [0.05, 0.1) is 0 Å². The summed E-state index contributed by atoms with van der Waals surface area (Å²) in [6, 6.07) is 15.0. The Bertz CT molecular complexity index is 1040. The molecule has 1 aliphatic rings. The molecule has 0 unspecified atom stereocenters. The van der Waals surface area contributed by atoms with E-state index in [0.29, 0.717) is 23.9 Å². The van der Waals surface area contributed by atoms with Gasteiger partial charge < -0.3 is 20.1 Å². The largest absolute Gasteiger partial charge is 0.454 e. The van der Waals surface area contributed by atoms with Crippen molar-refractivity contribution in [3.05, 3.63) is 65.4 Å². The minimum Gasteiger partial charge on any atom is -0.454 e. The first-order valence-electron chi connectivity index (χ1n) is 8.93. The number of aromatic nitrogens is 2. The van der Waals surface area contributed by atoms with E-state index in [4.69, 9.17) is 9.47 Å². The van der Waals surface area contributed by atoms with Crippen LogP contribution in [0.1, 0.15) is 28.5 Å². The number of anilines is 3. The molecule has 0 saturated carbocycles. The van der Waals surface area contributed by atoms with E-state index in [2.05, 4.69) is 20.6 Å². The summed E-state index contributed by atoms with van der Waals surface area (Å²) in [7, 11) is 0. The van der Waals surface area contributed by atoms with Crippen molar-refractivity contribution >= 4 is 23.2 Å². The smallest absolute Gasteiger partial charge is 0.231 e. The fourth-order valence-corrected chi connectivity index (χ4v) is 2.91. The second-order valence-corrected chi connectivity index (χ2v) is 6.52. The van der Waals surface area contributed by atoms with Crippen LogP contribution in [0.25, 0.3) is 0 Å². The van der Waals surface area contributed by atoms with Gasteiger partial charge in [0.15, 0.2) is 17.3 Å². The molecule has 0 fully saturated rings. The zero-order valence-electron chi connectivity index (χ0n) is 15.7. The van der Waals surface area contributed by atoms with Crippen molar-refractivity contribution in [2.75, 3.05) is 17.4 Å². The normalized spacial score (nSPS) is 11.9. The Balaban J connectivity index is 1.48. The number of hydrogen-bond acceptors (Lipinski definition) is 7. The van der Waals surface area contributed by atoms with E-state index in [-0.39, 0.29) is 12.6 Å². The zero-order chi connectivity index (χ0) is 19.5. The van der Waals surface area contributed by atoms with Gasteiger partial charge in [-0.15, -0.1) is 0 Å². The highest BCUT2D eigenvalue weighted by Crippen LogP contribution is 2.32. The minimum atomic E-state index is 0.0219. The predicted molar refractivity (Wildman–Crippen MR) is 106 cm³/mol. The summed E-state index contributed by atoms with van der Waals surface area (Å²) in [4.78, 5) is 20.5. The molecule has 3 aromatic rings. The van der Waals surface area contributed by atoms with Crippen molar-refractivity contribution in [2.45, 2.75) is 20.4 Å². The molecule has 28 heavy (non-hydrogen) atoms. The maximum atomic E-state index is 11.6. The Morgan fingerprint density at radius 3 is 2.79 bits per heavy atom. The second kappa shape index (κ2) is 7.56. The van der Waals surface area contributed by atoms with Crippen molar-refractivity contribution in [3.8, 4) is 11.5 Å². The average Bonchev–Trinajstić information content (AvgIpc) is 3.14. The quantitative estimate of drug-likeness (QED) is 0.627. The first-order valence-corrected chi connectivity index (χ1v) is 8.93. The van der Waals surface area contributed by atoms with Crippen LogP contribution in [0.4, 0.5) is 17.5 Å². The molecule has 0 saturated heterocycles. The molecule has 0 atom stereocenters. The Labute approximate surface area is 162 Å². The van der Waals surface area contributed by atoms with E-state index in [0.717, 1.165) is 28.4 Å². The molecule has 4 rings (SSSR count). The lowest BCUT2D eigenvalue weighted by atomic mass is 10.1. The van der Waals surface area contributed by atoms with Gasteiger partial charge in [-0.05, 0) is 43.7 Å². The molecular weight excluding hydrogens is 356 g/mol. The maximum absolute atomic E-state index is 11.6. The number of benzene rings is 2. The van der Waals surface area contributed by atoms with Crippen LogP contribution in [0.15, 0.2) is 48.5 Å². The number of Topliss-reactive ketones (excluding diaryl/α,β-unsaturated/α-hetero) is 1. The summed E-state index contributed by atoms with van der Waals surface area (Å²) < 4.78 is 10.7. The average molecular weight is 376 g/mol. The molecule has 7 heteroatoms. The van der Waals surface area contributed by atoms with Crippen LogP contribution < -0.4 is 20.1 Å². The number of carbonyl (C=O) groups is 1. The van der Waals surface area contributed by atoms with Gasteiger partial charge in [0.2, 0.25) is 12.7 Å². The summed E-state index contributed by atoms with van der Waals surface area (Å²) in [5, 5.41) is 6.47. The van der Waals surface area contributed by atoms with Gasteiger partial charge >= 0.3 is 0 Å². The van der Waals surface area contributed by atoms with Gasteiger partial charge in [-0.25, -0.2) is 4.98 Å². The Morgan fingerprint density at radius 1 is 1.07 bits per heavy atom. The van der Waals surface area contributed by atoms with Gasteiger partial charge in [0.1, 0.15) is 5.82 Å². The third-order valence-electron chi connectivity index (χ3n) is 4.28. The molecule has 2 aromatic carbocycles. The van der Waals surface area contributed by atoms with Gasteiger partial charge in [0.25, 0.3) is 0 Å². The van der Waals surface area contributed by atoms with Crippen molar-refractivity contribution in [1.29, 1.82) is 0 Å². The standard InChI is InChI=1S/C21H20N4O3/c1-13-8-20(24-17-5-3-4-16(10-17)14(2)26)25-21(23-13)22-11-15-6-7-18-19(9-15)28-12-27-18/h3-10H,11-12H2,1-2H3,(H2,22,23,24,25). The molecule has 0 radical (unpaired) electrons. The zero-order valence-corrected chi connectivity index (χ0v) is 15.7. The summed E-state index contributed by atoms with van der Waals surface area (Å²) >= 11 is 0. The molecule has 0 spiro atoms. The molecular formula is C21H20N4O3. The maximum Gasteiger partial charge on any atom is 0.231 e. The lowest BCUT2D eigenvalue weighted by Gasteiger charge is -2.11. The first-order chi connectivity index (χ1) is 13.6. The topological polar surface area (TPSA) is 85.4 Å². The first kappa shape index (κ1) is 17.8. The van der Waals surface area contributed by atoms with E-state index < -0.39 is 0 Å². The van der Waals surface area contributed by atoms with Gasteiger partial charge in [-0.2, -0.15) is 4.98 Å². The number of fused-ring (bicyclic) bond motifs is 1. The number of aryl methyl sites for hydroxylation is 1. The fourth-order valence-electron chi connectivity index (χ4n) is 2.91.